The number of nitro benzene ring substituents is 1. The molecule has 1 aliphatic heterocycles. The van der Waals surface area contributed by atoms with Crippen molar-refractivity contribution < 1.29 is 28.4 Å². The molecule has 1 aliphatic rings. The molecule has 0 radical (unpaired) electrons. The zero-order valence-corrected chi connectivity index (χ0v) is 20.8. The number of anilines is 1. The Morgan fingerprint density at radius 2 is 1.76 bits per heavy atom. The van der Waals surface area contributed by atoms with Gasteiger partial charge in [-0.3, -0.25) is 19.7 Å². The number of ether oxygens (including phenoxy) is 1. The molecular formula is C25H17Cl2FN4O6. The number of para-hydroxylation sites is 1. The number of carbonyl (C=O) groups excluding carboxylic acids is 3. The molecular weight excluding hydrogens is 542 g/mol. The lowest BCUT2D eigenvalue weighted by molar-refractivity contribution is -0.384. The van der Waals surface area contributed by atoms with Crippen LogP contribution in [0.1, 0.15) is 11.1 Å². The molecule has 1 heterocycles. The summed E-state index contributed by atoms with van der Waals surface area (Å²) in [6.07, 6.45) is 1.33. The Labute approximate surface area is 224 Å². The number of urea groups is 1. The second-order valence-electron chi connectivity index (χ2n) is 7.93. The molecule has 0 aromatic heterocycles. The number of amides is 4. The summed E-state index contributed by atoms with van der Waals surface area (Å²) in [6, 6.07) is 13.3. The van der Waals surface area contributed by atoms with E-state index in [-0.39, 0.29) is 39.5 Å². The highest BCUT2D eigenvalue weighted by Gasteiger charge is 2.35. The summed E-state index contributed by atoms with van der Waals surface area (Å²) in [6.45, 7) is -0.594. The molecule has 3 aromatic rings. The van der Waals surface area contributed by atoms with Gasteiger partial charge in [-0.15, -0.1) is 0 Å². The normalized spacial score (nSPS) is 14.0. The second-order valence-corrected chi connectivity index (χ2v) is 8.75. The monoisotopic (exact) mass is 558 g/mol. The first-order valence-corrected chi connectivity index (χ1v) is 11.6. The van der Waals surface area contributed by atoms with E-state index in [1.54, 1.807) is 0 Å². The fourth-order valence-electron chi connectivity index (χ4n) is 3.45. The molecule has 194 valence electrons. The van der Waals surface area contributed by atoms with Crippen molar-refractivity contribution in [1.29, 1.82) is 0 Å². The standard InChI is InChI=1S/C25H17Cl2FN4O6/c26-17-9-15(10-18(27)23(17)38-13-14-5-7-16(8-6-14)32(36)37)11-21-24(34)31(25(35)30-21)12-22(33)29-20-4-2-1-3-19(20)28/h1-11H,12-13H2,(H,29,33)(H,30,35)/b21-11+. The fourth-order valence-corrected chi connectivity index (χ4v) is 4.06. The van der Waals surface area contributed by atoms with Gasteiger partial charge >= 0.3 is 6.03 Å². The molecule has 0 unspecified atom stereocenters. The first-order chi connectivity index (χ1) is 18.1. The number of rotatable bonds is 8. The van der Waals surface area contributed by atoms with Crippen molar-refractivity contribution in [3.8, 4) is 5.75 Å². The highest BCUT2D eigenvalue weighted by molar-refractivity contribution is 6.37. The third-order valence-corrected chi connectivity index (χ3v) is 5.84. The number of halogens is 3. The van der Waals surface area contributed by atoms with Crippen molar-refractivity contribution in [3.63, 3.8) is 0 Å². The first kappa shape index (κ1) is 26.6. The third kappa shape index (κ3) is 6.07. The van der Waals surface area contributed by atoms with Crippen LogP contribution in [0.25, 0.3) is 6.08 Å². The molecule has 10 nitrogen and oxygen atoms in total. The van der Waals surface area contributed by atoms with Crippen LogP contribution in [0.4, 0.5) is 20.6 Å². The Morgan fingerprint density at radius 3 is 2.39 bits per heavy atom. The SMILES string of the molecule is O=C(CN1C(=O)N/C(=C/c2cc(Cl)c(OCc3ccc([N+](=O)[O-])cc3)c(Cl)c2)C1=O)Nc1ccccc1F. The van der Waals surface area contributed by atoms with Crippen LogP contribution >= 0.6 is 23.2 Å². The van der Waals surface area contributed by atoms with E-state index in [4.69, 9.17) is 27.9 Å². The number of hydrogen-bond acceptors (Lipinski definition) is 6. The van der Waals surface area contributed by atoms with Crippen molar-refractivity contribution in [2.75, 3.05) is 11.9 Å². The van der Waals surface area contributed by atoms with Crippen molar-refractivity contribution in [2.45, 2.75) is 6.61 Å². The van der Waals surface area contributed by atoms with Gasteiger partial charge in [-0.05, 0) is 53.6 Å². The number of hydrogen-bond donors (Lipinski definition) is 2. The molecule has 0 spiro atoms. The van der Waals surface area contributed by atoms with Crippen LogP contribution in [-0.2, 0) is 16.2 Å². The lowest BCUT2D eigenvalue weighted by atomic mass is 10.1. The number of nitrogens with zero attached hydrogens (tertiary/aromatic N) is 2. The maximum absolute atomic E-state index is 13.8. The number of nitrogens with one attached hydrogen (secondary N) is 2. The molecule has 13 heteroatoms. The van der Waals surface area contributed by atoms with Gasteiger partial charge in [0.05, 0.1) is 20.7 Å². The zero-order chi connectivity index (χ0) is 27.4. The van der Waals surface area contributed by atoms with Gasteiger partial charge in [-0.2, -0.15) is 0 Å². The predicted molar refractivity (Wildman–Crippen MR) is 137 cm³/mol. The summed E-state index contributed by atoms with van der Waals surface area (Å²) in [5, 5.41) is 15.7. The van der Waals surface area contributed by atoms with Gasteiger partial charge in [0.25, 0.3) is 11.6 Å². The van der Waals surface area contributed by atoms with Gasteiger partial charge in [-0.1, -0.05) is 35.3 Å². The Morgan fingerprint density at radius 1 is 1.11 bits per heavy atom. The summed E-state index contributed by atoms with van der Waals surface area (Å²) < 4.78 is 19.4. The van der Waals surface area contributed by atoms with Crippen LogP contribution in [0, 0.1) is 15.9 Å². The Kier molecular flexibility index (Phi) is 7.89. The van der Waals surface area contributed by atoms with Gasteiger partial charge in [0, 0.05) is 12.1 Å². The van der Waals surface area contributed by atoms with Gasteiger partial charge in [-0.25, -0.2) is 14.1 Å². The molecule has 0 bridgehead atoms. The van der Waals surface area contributed by atoms with Crippen molar-refractivity contribution >= 4 is 58.5 Å². The van der Waals surface area contributed by atoms with Gasteiger partial charge < -0.3 is 15.4 Å². The van der Waals surface area contributed by atoms with Gasteiger partial charge in [0.1, 0.15) is 24.7 Å². The van der Waals surface area contributed by atoms with E-state index < -0.39 is 35.1 Å². The maximum Gasteiger partial charge on any atom is 0.329 e. The first-order valence-electron chi connectivity index (χ1n) is 10.9. The second kappa shape index (κ2) is 11.3. The van der Waals surface area contributed by atoms with E-state index in [0.29, 0.717) is 16.0 Å². The molecule has 2 N–H and O–H groups in total. The molecule has 0 aliphatic carbocycles. The van der Waals surface area contributed by atoms with Crippen molar-refractivity contribution in [1.82, 2.24) is 10.2 Å². The number of carbonyl (C=O) groups is 3. The molecule has 0 saturated carbocycles. The summed E-state index contributed by atoms with van der Waals surface area (Å²) in [4.78, 5) is 48.2. The van der Waals surface area contributed by atoms with Crippen molar-refractivity contribution in [2.24, 2.45) is 0 Å². The quantitative estimate of drug-likeness (QED) is 0.170. The van der Waals surface area contributed by atoms with E-state index in [0.717, 1.165) is 6.07 Å². The number of benzene rings is 3. The molecule has 1 fully saturated rings. The summed E-state index contributed by atoms with van der Waals surface area (Å²) >= 11 is 12.6. The molecule has 4 rings (SSSR count). The minimum Gasteiger partial charge on any atom is -0.486 e. The van der Waals surface area contributed by atoms with Crippen LogP contribution in [0.5, 0.6) is 5.75 Å². The largest absolute Gasteiger partial charge is 0.486 e. The lowest BCUT2D eigenvalue weighted by Crippen LogP contribution is -2.38. The van der Waals surface area contributed by atoms with Gasteiger partial charge in [0.15, 0.2) is 5.75 Å². The molecule has 4 amide bonds. The smallest absolute Gasteiger partial charge is 0.329 e. The minimum atomic E-state index is -0.829. The average Bonchev–Trinajstić information content (AvgIpc) is 3.12. The maximum atomic E-state index is 13.8. The molecule has 0 atom stereocenters. The number of non-ortho nitro benzene ring substituents is 1. The highest BCUT2D eigenvalue weighted by Crippen LogP contribution is 2.35. The third-order valence-electron chi connectivity index (χ3n) is 5.27. The van der Waals surface area contributed by atoms with Crippen LogP contribution in [0.2, 0.25) is 10.0 Å². The van der Waals surface area contributed by atoms with Crippen LogP contribution in [-0.4, -0.2) is 34.2 Å². The van der Waals surface area contributed by atoms with E-state index in [1.165, 1.54) is 60.7 Å². The zero-order valence-electron chi connectivity index (χ0n) is 19.2. The number of imide groups is 1. The molecule has 1 saturated heterocycles. The number of nitro groups is 1. The van der Waals surface area contributed by atoms with Gasteiger partial charge in [0.2, 0.25) is 5.91 Å². The van der Waals surface area contributed by atoms with Crippen molar-refractivity contribution in [3.05, 3.63) is 103 Å². The van der Waals surface area contributed by atoms with E-state index in [9.17, 15) is 28.9 Å². The fraction of sp³-hybridized carbons (Fsp3) is 0.0800. The molecule has 3 aromatic carbocycles. The highest BCUT2D eigenvalue weighted by atomic mass is 35.5. The van der Waals surface area contributed by atoms with E-state index in [1.807, 2.05) is 0 Å². The predicted octanol–water partition coefficient (Wildman–Crippen LogP) is 5.15. The Hall–Kier alpha value is -4.48. The lowest BCUT2D eigenvalue weighted by Gasteiger charge is -2.12. The summed E-state index contributed by atoms with van der Waals surface area (Å²) in [5.41, 5.74) is 0.747. The Bertz CT molecular complexity index is 1460. The average molecular weight is 559 g/mol. The van der Waals surface area contributed by atoms with Crippen LogP contribution < -0.4 is 15.4 Å². The minimum absolute atomic E-state index is 0.0380. The Balaban J connectivity index is 1.43. The van der Waals surface area contributed by atoms with E-state index in [2.05, 4.69) is 10.6 Å². The van der Waals surface area contributed by atoms with E-state index >= 15 is 0 Å². The van der Waals surface area contributed by atoms with Crippen LogP contribution in [0.3, 0.4) is 0 Å². The summed E-state index contributed by atoms with van der Waals surface area (Å²) in [7, 11) is 0. The molecule has 38 heavy (non-hydrogen) atoms. The topological polar surface area (TPSA) is 131 Å². The van der Waals surface area contributed by atoms with Crippen LogP contribution in [0.15, 0.2) is 66.4 Å². The summed E-state index contributed by atoms with van der Waals surface area (Å²) in [5.74, 6) is -2.04.